The van der Waals surface area contributed by atoms with Gasteiger partial charge in [0.05, 0.1) is 12.2 Å². The van der Waals surface area contributed by atoms with Crippen LogP contribution in [0.5, 0.6) is 17.4 Å². The fraction of sp³-hybridized carbons (Fsp3) is 0.182. The lowest BCUT2D eigenvalue weighted by Gasteiger charge is -2.11. The number of nitrogens with zero attached hydrogens (tertiary/aromatic N) is 3. The van der Waals surface area contributed by atoms with E-state index in [-0.39, 0.29) is 5.91 Å². The van der Waals surface area contributed by atoms with Crippen molar-refractivity contribution < 1.29 is 14.3 Å². The van der Waals surface area contributed by atoms with Crippen molar-refractivity contribution >= 4 is 16.9 Å². The Morgan fingerprint density at radius 3 is 2.70 bits per heavy atom. The monoisotopic (exact) mass is 403 g/mol. The third-order valence-corrected chi connectivity index (χ3v) is 4.48. The number of aryl methyl sites for hydroxylation is 1. The van der Waals surface area contributed by atoms with Gasteiger partial charge in [0.1, 0.15) is 0 Å². The second-order valence-corrected chi connectivity index (χ2v) is 6.61. The highest BCUT2D eigenvalue weighted by atomic mass is 16.5. The van der Waals surface area contributed by atoms with Gasteiger partial charge in [0, 0.05) is 36.1 Å². The summed E-state index contributed by atoms with van der Waals surface area (Å²) in [7, 11) is 0. The van der Waals surface area contributed by atoms with Crippen molar-refractivity contribution in [2.45, 2.75) is 20.4 Å². The van der Waals surface area contributed by atoms with E-state index in [1.54, 1.807) is 18.3 Å². The molecule has 0 fully saturated rings. The van der Waals surface area contributed by atoms with E-state index in [0.717, 1.165) is 16.6 Å². The summed E-state index contributed by atoms with van der Waals surface area (Å²) in [4.78, 5) is 21.0. The van der Waals surface area contributed by atoms with E-state index in [9.17, 15) is 4.79 Å². The van der Waals surface area contributed by atoms with Crippen LogP contribution in [0, 0.1) is 6.92 Å². The molecule has 0 aliphatic carbocycles. The third-order valence-electron chi connectivity index (χ3n) is 4.48. The molecule has 0 aliphatic rings. The highest BCUT2D eigenvalue weighted by Gasteiger charge is 2.11. The van der Waals surface area contributed by atoms with E-state index in [2.05, 4.69) is 25.5 Å². The van der Waals surface area contributed by atoms with Gasteiger partial charge in [0.15, 0.2) is 17.1 Å². The van der Waals surface area contributed by atoms with Gasteiger partial charge in [-0.25, -0.2) is 9.97 Å². The van der Waals surface area contributed by atoms with E-state index in [1.165, 1.54) is 6.20 Å². The smallest absolute Gasteiger partial charge is 0.253 e. The summed E-state index contributed by atoms with van der Waals surface area (Å²) in [6.07, 6.45) is 3.18. The number of carbonyl (C=O) groups excluding carboxylic acids is 1. The SMILES string of the molecule is CCOc1ccccc1Oc1ccc(CNC(=O)c2cnc3n[nH]c(C)c3c2)cn1. The van der Waals surface area contributed by atoms with Gasteiger partial charge in [-0.3, -0.25) is 9.89 Å². The Bertz CT molecular complexity index is 1170. The molecule has 0 saturated heterocycles. The molecule has 8 nitrogen and oxygen atoms in total. The number of hydrogen-bond donors (Lipinski definition) is 2. The van der Waals surface area contributed by atoms with Crippen LogP contribution in [0.15, 0.2) is 54.9 Å². The molecule has 8 heteroatoms. The van der Waals surface area contributed by atoms with Gasteiger partial charge in [-0.1, -0.05) is 18.2 Å². The molecule has 0 spiro atoms. The maximum absolute atomic E-state index is 12.5. The molecule has 152 valence electrons. The van der Waals surface area contributed by atoms with Crippen molar-refractivity contribution in [3.8, 4) is 17.4 Å². The number of fused-ring (bicyclic) bond motifs is 1. The van der Waals surface area contributed by atoms with Crippen molar-refractivity contribution in [1.29, 1.82) is 0 Å². The van der Waals surface area contributed by atoms with Crippen LogP contribution in [-0.2, 0) is 6.54 Å². The first kappa shape index (κ1) is 19.4. The molecule has 3 heterocycles. The normalized spacial score (nSPS) is 10.7. The van der Waals surface area contributed by atoms with Crippen LogP contribution in [0.1, 0.15) is 28.5 Å². The molecule has 4 rings (SSSR count). The Kier molecular flexibility index (Phi) is 5.56. The minimum atomic E-state index is -0.212. The number of ether oxygens (including phenoxy) is 2. The highest BCUT2D eigenvalue weighted by molar-refractivity contribution is 5.97. The average Bonchev–Trinajstić information content (AvgIpc) is 3.15. The Labute approximate surface area is 173 Å². The molecule has 0 saturated carbocycles. The summed E-state index contributed by atoms with van der Waals surface area (Å²) >= 11 is 0. The zero-order valence-corrected chi connectivity index (χ0v) is 16.7. The number of benzene rings is 1. The van der Waals surface area contributed by atoms with Crippen LogP contribution in [0.2, 0.25) is 0 Å². The lowest BCUT2D eigenvalue weighted by Crippen LogP contribution is -2.23. The van der Waals surface area contributed by atoms with Crippen molar-refractivity contribution in [2.24, 2.45) is 0 Å². The molecule has 0 atom stereocenters. The van der Waals surface area contributed by atoms with E-state index in [0.29, 0.717) is 41.7 Å². The summed E-state index contributed by atoms with van der Waals surface area (Å²) in [6.45, 7) is 4.70. The fourth-order valence-corrected chi connectivity index (χ4v) is 2.93. The molecule has 0 aliphatic heterocycles. The summed E-state index contributed by atoms with van der Waals surface area (Å²) in [5.41, 5.74) is 2.79. The van der Waals surface area contributed by atoms with Crippen molar-refractivity contribution in [3.05, 3.63) is 71.7 Å². The van der Waals surface area contributed by atoms with Crippen LogP contribution >= 0.6 is 0 Å². The Morgan fingerprint density at radius 2 is 1.93 bits per heavy atom. The van der Waals surface area contributed by atoms with Crippen LogP contribution in [0.25, 0.3) is 11.0 Å². The van der Waals surface area contributed by atoms with Crippen LogP contribution in [-0.4, -0.2) is 32.7 Å². The van der Waals surface area contributed by atoms with Gasteiger partial charge in [-0.05, 0) is 37.6 Å². The minimum absolute atomic E-state index is 0.212. The molecule has 1 aromatic carbocycles. The number of H-pyrrole nitrogens is 1. The number of rotatable bonds is 7. The van der Waals surface area contributed by atoms with E-state index >= 15 is 0 Å². The van der Waals surface area contributed by atoms with Crippen molar-refractivity contribution in [1.82, 2.24) is 25.5 Å². The Balaban J connectivity index is 1.38. The molecule has 0 radical (unpaired) electrons. The summed E-state index contributed by atoms with van der Waals surface area (Å²) in [6, 6.07) is 12.8. The van der Waals surface area contributed by atoms with Gasteiger partial charge in [-0.2, -0.15) is 5.10 Å². The topological polar surface area (TPSA) is 102 Å². The predicted molar refractivity (Wildman–Crippen MR) is 112 cm³/mol. The lowest BCUT2D eigenvalue weighted by molar-refractivity contribution is 0.0950. The molecule has 30 heavy (non-hydrogen) atoms. The fourth-order valence-electron chi connectivity index (χ4n) is 2.93. The molecule has 0 bridgehead atoms. The molecule has 3 aromatic heterocycles. The first-order valence-corrected chi connectivity index (χ1v) is 9.57. The quantitative estimate of drug-likeness (QED) is 0.487. The molecule has 2 N–H and O–H groups in total. The maximum Gasteiger partial charge on any atom is 0.253 e. The molecular weight excluding hydrogens is 382 g/mol. The summed E-state index contributed by atoms with van der Waals surface area (Å²) in [5.74, 6) is 1.50. The number of nitrogens with one attached hydrogen (secondary N) is 2. The van der Waals surface area contributed by atoms with E-state index in [4.69, 9.17) is 9.47 Å². The van der Waals surface area contributed by atoms with Gasteiger partial charge < -0.3 is 14.8 Å². The second kappa shape index (κ2) is 8.60. The van der Waals surface area contributed by atoms with Crippen LogP contribution in [0.4, 0.5) is 0 Å². The number of aromatic nitrogens is 4. The molecule has 0 unspecified atom stereocenters. The number of hydrogen-bond acceptors (Lipinski definition) is 6. The largest absolute Gasteiger partial charge is 0.490 e. The average molecular weight is 403 g/mol. The zero-order valence-electron chi connectivity index (χ0n) is 16.7. The molecular formula is C22H21N5O3. The number of para-hydroxylation sites is 2. The third kappa shape index (κ3) is 4.22. The number of carbonyl (C=O) groups is 1. The maximum atomic E-state index is 12.5. The predicted octanol–water partition coefficient (Wildman–Crippen LogP) is 3.78. The minimum Gasteiger partial charge on any atom is -0.490 e. The van der Waals surface area contributed by atoms with Gasteiger partial charge in [-0.15, -0.1) is 0 Å². The molecule has 4 aromatic rings. The van der Waals surface area contributed by atoms with Gasteiger partial charge in [0.2, 0.25) is 5.88 Å². The second-order valence-electron chi connectivity index (χ2n) is 6.61. The van der Waals surface area contributed by atoms with Gasteiger partial charge >= 0.3 is 0 Å². The molecule has 1 amide bonds. The highest BCUT2D eigenvalue weighted by Crippen LogP contribution is 2.30. The number of pyridine rings is 2. The summed E-state index contributed by atoms with van der Waals surface area (Å²) in [5, 5.41) is 10.6. The standard InChI is InChI=1S/C22H21N5O3/c1-3-29-18-6-4-5-7-19(18)30-20-9-8-15(11-23-20)12-25-22(28)16-10-17-14(2)26-27-21(17)24-13-16/h4-11,13H,3,12H2,1-2H3,(H,25,28)(H,24,26,27). The van der Waals surface area contributed by atoms with Crippen LogP contribution in [0.3, 0.4) is 0 Å². The van der Waals surface area contributed by atoms with E-state index < -0.39 is 0 Å². The lowest BCUT2D eigenvalue weighted by atomic mass is 10.2. The Morgan fingerprint density at radius 1 is 1.10 bits per heavy atom. The van der Waals surface area contributed by atoms with Crippen molar-refractivity contribution in [2.75, 3.05) is 6.61 Å². The zero-order chi connectivity index (χ0) is 20.9. The Hall–Kier alpha value is -3.94. The number of aromatic amines is 1. The van der Waals surface area contributed by atoms with Gasteiger partial charge in [0.25, 0.3) is 5.91 Å². The van der Waals surface area contributed by atoms with Crippen molar-refractivity contribution in [3.63, 3.8) is 0 Å². The van der Waals surface area contributed by atoms with Crippen LogP contribution < -0.4 is 14.8 Å². The van der Waals surface area contributed by atoms with E-state index in [1.807, 2.05) is 44.2 Å². The summed E-state index contributed by atoms with van der Waals surface area (Å²) < 4.78 is 11.4. The first-order valence-electron chi connectivity index (χ1n) is 9.57. The number of amides is 1. The first-order chi connectivity index (χ1) is 14.6.